The molecule has 0 aromatic carbocycles. The molecule has 6 heteroatoms. The van der Waals surface area contributed by atoms with Crippen LogP contribution in [0.25, 0.3) is 5.65 Å². The largest absolute Gasteiger partial charge is 0.350 e. The Balaban J connectivity index is 2.57. The van der Waals surface area contributed by atoms with E-state index < -0.39 is 0 Å². The molecular weight excluding hydrogens is 182 g/mol. The first kappa shape index (κ1) is 8.89. The van der Waals surface area contributed by atoms with Gasteiger partial charge in [-0.15, -0.1) is 5.10 Å². The first-order valence-corrected chi connectivity index (χ1v) is 4.33. The number of hydrogen-bond acceptors (Lipinski definition) is 4. The molecule has 0 aliphatic heterocycles. The Labute approximate surface area is 80.0 Å². The highest BCUT2D eigenvalue weighted by Gasteiger charge is 2.06. The Morgan fingerprint density at radius 2 is 2.43 bits per heavy atom. The molecule has 1 unspecified atom stereocenters. The van der Waals surface area contributed by atoms with Crippen molar-refractivity contribution < 1.29 is 0 Å². The van der Waals surface area contributed by atoms with E-state index in [9.17, 15) is 4.79 Å². The average Bonchev–Trinajstić information content (AvgIpc) is 2.44. The number of nitrogens with two attached hydrogens (primary N) is 1. The molecule has 74 valence electrons. The third kappa shape index (κ3) is 1.39. The average molecular weight is 193 g/mol. The van der Waals surface area contributed by atoms with Crippen molar-refractivity contribution in [1.29, 1.82) is 0 Å². The molecule has 2 N–H and O–H groups in total. The van der Waals surface area contributed by atoms with Gasteiger partial charge in [-0.3, -0.25) is 4.98 Å². The van der Waals surface area contributed by atoms with Gasteiger partial charge in [0.1, 0.15) is 0 Å². The topological polar surface area (TPSA) is 78.2 Å². The van der Waals surface area contributed by atoms with Gasteiger partial charge in [0.2, 0.25) is 0 Å². The second-order valence-electron chi connectivity index (χ2n) is 3.25. The Morgan fingerprint density at radius 1 is 1.64 bits per heavy atom. The maximum atomic E-state index is 11.6. The van der Waals surface area contributed by atoms with E-state index in [1.807, 2.05) is 6.92 Å². The summed E-state index contributed by atoms with van der Waals surface area (Å²) in [5.41, 5.74) is 5.95. The lowest BCUT2D eigenvalue weighted by Gasteiger charge is -2.01. The van der Waals surface area contributed by atoms with Crippen molar-refractivity contribution in [2.24, 2.45) is 5.73 Å². The summed E-state index contributed by atoms with van der Waals surface area (Å²) in [4.78, 5) is 15.5. The van der Waals surface area contributed by atoms with E-state index in [2.05, 4.69) is 10.1 Å². The van der Waals surface area contributed by atoms with E-state index in [1.165, 1.54) is 9.08 Å². The lowest BCUT2D eigenvalue weighted by Crippen LogP contribution is -2.30. The van der Waals surface area contributed by atoms with Crippen LogP contribution < -0.4 is 11.4 Å². The molecule has 0 fully saturated rings. The molecule has 0 aliphatic carbocycles. The van der Waals surface area contributed by atoms with E-state index in [-0.39, 0.29) is 11.7 Å². The maximum Gasteiger partial charge on any atom is 0.350 e. The predicted molar refractivity (Wildman–Crippen MR) is 50.9 cm³/mol. The third-order valence-electron chi connectivity index (χ3n) is 1.85. The normalized spacial score (nSPS) is 13.3. The Morgan fingerprint density at radius 3 is 3.07 bits per heavy atom. The highest BCUT2D eigenvalue weighted by molar-refractivity contribution is 5.31. The molecule has 14 heavy (non-hydrogen) atoms. The van der Waals surface area contributed by atoms with Crippen LogP contribution in [0.5, 0.6) is 0 Å². The lowest BCUT2D eigenvalue weighted by atomic mass is 10.4. The van der Waals surface area contributed by atoms with Gasteiger partial charge in [-0.2, -0.15) is 0 Å². The van der Waals surface area contributed by atoms with Crippen LogP contribution in [0.1, 0.15) is 6.92 Å². The summed E-state index contributed by atoms with van der Waals surface area (Å²) in [5, 5.41) is 4.08. The molecule has 0 bridgehead atoms. The molecule has 2 aromatic heterocycles. The Kier molecular flexibility index (Phi) is 2.05. The summed E-state index contributed by atoms with van der Waals surface area (Å²) < 4.78 is 2.79. The number of aromatic nitrogens is 4. The quantitative estimate of drug-likeness (QED) is 0.680. The van der Waals surface area contributed by atoms with Gasteiger partial charge in [-0.1, -0.05) is 0 Å². The molecule has 0 aliphatic rings. The SMILES string of the molecule is CC(N)Cn1nc2cnccn2c1=O. The summed E-state index contributed by atoms with van der Waals surface area (Å²) in [5.74, 6) is 0. The number of rotatable bonds is 2. The maximum absolute atomic E-state index is 11.6. The molecule has 0 saturated carbocycles. The fraction of sp³-hybridized carbons (Fsp3) is 0.375. The first-order valence-electron chi connectivity index (χ1n) is 4.33. The van der Waals surface area contributed by atoms with Crippen molar-refractivity contribution in [3.05, 3.63) is 29.1 Å². The molecule has 0 spiro atoms. The van der Waals surface area contributed by atoms with Crippen molar-refractivity contribution in [1.82, 2.24) is 19.2 Å². The van der Waals surface area contributed by atoms with Gasteiger partial charge in [-0.05, 0) is 6.92 Å². The summed E-state index contributed by atoms with van der Waals surface area (Å²) in [6, 6.07) is -0.0921. The minimum atomic E-state index is -0.181. The van der Waals surface area contributed by atoms with E-state index in [1.54, 1.807) is 18.6 Å². The first-order chi connectivity index (χ1) is 6.68. The molecule has 2 rings (SSSR count). The summed E-state index contributed by atoms with van der Waals surface area (Å²) in [7, 11) is 0. The second-order valence-corrected chi connectivity index (χ2v) is 3.25. The van der Waals surface area contributed by atoms with Crippen LogP contribution >= 0.6 is 0 Å². The van der Waals surface area contributed by atoms with Crippen LogP contribution in [0.2, 0.25) is 0 Å². The predicted octanol–water partition coefficient (Wildman–Crippen LogP) is -0.762. The smallest absolute Gasteiger partial charge is 0.326 e. The molecule has 1 atom stereocenters. The van der Waals surface area contributed by atoms with E-state index in [0.29, 0.717) is 12.2 Å². The van der Waals surface area contributed by atoms with Gasteiger partial charge in [0.05, 0.1) is 12.7 Å². The van der Waals surface area contributed by atoms with E-state index in [4.69, 9.17) is 5.73 Å². The van der Waals surface area contributed by atoms with Crippen molar-refractivity contribution >= 4 is 5.65 Å². The fourth-order valence-electron chi connectivity index (χ4n) is 1.27. The Bertz CT molecular complexity index is 498. The van der Waals surface area contributed by atoms with Gasteiger partial charge in [-0.25, -0.2) is 13.9 Å². The molecule has 0 saturated heterocycles. The Hall–Kier alpha value is -1.69. The van der Waals surface area contributed by atoms with E-state index in [0.717, 1.165) is 0 Å². The van der Waals surface area contributed by atoms with Crippen molar-refractivity contribution in [3.63, 3.8) is 0 Å². The summed E-state index contributed by atoms with van der Waals surface area (Å²) in [6.07, 6.45) is 4.67. The van der Waals surface area contributed by atoms with Crippen LogP contribution in [0, 0.1) is 0 Å². The molecule has 6 nitrogen and oxygen atoms in total. The highest BCUT2D eigenvalue weighted by atomic mass is 16.2. The minimum Gasteiger partial charge on any atom is -0.326 e. The zero-order valence-electron chi connectivity index (χ0n) is 7.79. The number of nitrogens with zero attached hydrogens (tertiary/aromatic N) is 4. The molecule has 0 amide bonds. The van der Waals surface area contributed by atoms with Gasteiger partial charge in [0, 0.05) is 18.4 Å². The van der Waals surface area contributed by atoms with Crippen LogP contribution in [0.15, 0.2) is 23.4 Å². The summed E-state index contributed by atoms with van der Waals surface area (Å²) >= 11 is 0. The van der Waals surface area contributed by atoms with Gasteiger partial charge >= 0.3 is 5.69 Å². The second kappa shape index (κ2) is 3.22. The zero-order chi connectivity index (χ0) is 10.1. The fourth-order valence-corrected chi connectivity index (χ4v) is 1.27. The highest BCUT2D eigenvalue weighted by Crippen LogP contribution is 1.92. The minimum absolute atomic E-state index is 0.0921. The van der Waals surface area contributed by atoms with Gasteiger partial charge in [0.15, 0.2) is 5.65 Å². The van der Waals surface area contributed by atoms with Gasteiger partial charge < -0.3 is 5.73 Å². The molecule has 2 aromatic rings. The van der Waals surface area contributed by atoms with Crippen LogP contribution in [-0.4, -0.2) is 25.2 Å². The monoisotopic (exact) mass is 193 g/mol. The van der Waals surface area contributed by atoms with Crippen molar-refractivity contribution in [3.8, 4) is 0 Å². The zero-order valence-corrected chi connectivity index (χ0v) is 7.79. The third-order valence-corrected chi connectivity index (χ3v) is 1.85. The van der Waals surface area contributed by atoms with Crippen LogP contribution in [-0.2, 0) is 6.54 Å². The molecule has 2 heterocycles. The number of fused-ring (bicyclic) bond motifs is 1. The standard InChI is InChI=1S/C8H11N5O/c1-6(9)5-13-8(14)12-3-2-10-4-7(12)11-13/h2-4,6H,5,9H2,1H3. The van der Waals surface area contributed by atoms with Crippen LogP contribution in [0.4, 0.5) is 0 Å². The van der Waals surface area contributed by atoms with Crippen molar-refractivity contribution in [2.75, 3.05) is 0 Å². The van der Waals surface area contributed by atoms with Crippen LogP contribution in [0.3, 0.4) is 0 Å². The number of hydrogen-bond donors (Lipinski definition) is 1. The van der Waals surface area contributed by atoms with E-state index >= 15 is 0 Å². The van der Waals surface area contributed by atoms with Crippen molar-refractivity contribution in [2.45, 2.75) is 19.5 Å². The van der Waals surface area contributed by atoms with Gasteiger partial charge in [0.25, 0.3) is 0 Å². The summed E-state index contributed by atoms with van der Waals surface area (Å²) in [6.45, 7) is 2.25. The molecule has 0 radical (unpaired) electrons. The lowest BCUT2D eigenvalue weighted by molar-refractivity contribution is 0.523. The molecular formula is C8H11N5O.